The van der Waals surface area contributed by atoms with Crippen LogP contribution >= 0.6 is 15.9 Å². The highest BCUT2D eigenvalue weighted by Gasteiger charge is 2.06. The lowest BCUT2D eigenvalue weighted by Crippen LogP contribution is -1.93. The molecule has 0 radical (unpaired) electrons. The van der Waals surface area contributed by atoms with Crippen LogP contribution < -0.4 is 0 Å². The lowest BCUT2D eigenvalue weighted by Gasteiger charge is -2.03. The van der Waals surface area contributed by atoms with Crippen LogP contribution in [0.4, 0.5) is 0 Å². The lowest BCUT2D eigenvalue weighted by molar-refractivity contribution is 0.101. The number of hydrogen-bond donors (Lipinski definition) is 0. The number of halogens is 1. The van der Waals surface area contributed by atoms with Gasteiger partial charge in [0.2, 0.25) is 0 Å². The Labute approximate surface area is 95.9 Å². The zero-order chi connectivity index (χ0) is 10.8. The monoisotopic (exact) mass is 264 g/mol. The molecule has 0 amide bonds. The number of Topliss-reactive ketones (excluding diaryl/α,β-unsaturated/α-hetero) is 1. The highest BCUT2D eigenvalue weighted by atomic mass is 79.9. The molecule has 2 rings (SSSR count). The first-order chi connectivity index (χ1) is 7.18. The summed E-state index contributed by atoms with van der Waals surface area (Å²) in [6, 6.07) is 7.78. The summed E-state index contributed by atoms with van der Waals surface area (Å²) >= 11 is 3.45. The Morgan fingerprint density at radius 1 is 1.40 bits per heavy atom. The Morgan fingerprint density at radius 2 is 2.13 bits per heavy atom. The second kappa shape index (κ2) is 3.98. The van der Waals surface area contributed by atoms with Crippen molar-refractivity contribution in [1.82, 2.24) is 9.55 Å². The number of benzene rings is 1. The van der Waals surface area contributed by atoms with E-state index in [1.165, 1.54) is 6.92 Å². The van der Waals surface area contributed by atoms with Gasteiger partial charge in [-0.15, -0.1) is 0 Å². The Balaban J connectivity index is 2.46. The van der Waals surface area contributed by atoms with E-state index in [1.54, 1.807) is 12.5 Å². The molecule has 0 aliphatic rings. The predicted molar refractivity (Wildman–Crippen MR) is 61.3 cm³/mol. The van der Waals surface area contributed by atoms with Gasteiger partial charge >= 0.3 is 0 Å². The maximum absolute atomic E-state index is 11.1. The van der Waals surface area contributed by atoms with E-state index in [0.717, 1.165) is 10.2 Å². The molecule has 1 heterocycles. The molecule has 0 saturated carbocycles. The predicted octanol–water partition coefficient (Wildman–Crippen LogP) is 2.84. The third-order valence-corrected chi connectivity index (χ3v) is 2.74. The van der Waals surface area contributed by atoms with Gasteiger partial charge in [0.05, 0.1) is 5.69 Å². The van der Waals surface area contributed by atoms with Crippen molar-refractivity contribution in [3.8, 4) is 5.69 Å². The van der Waals surface area contributed by atoms with Crippen LogP contribution in [0.25, 0.3) is 5.69 Å². The lowest BCUT2D eigenvalue weighted by atomic mass is 10.3. The summed E-state index contributed by atoms with van der Waals surface area (Å²) in [4.78, 5) is 15.1. The van der Waals surface area contributed by atoms with E-state index in [-0.39, 0.29) is 5.78 Å². The van der Waals surface area contributed by atoms with E-state index in [2.05, 4.69) is 20.9 Å². The second-order valence-corrected chi connectivity index (χ2v) is 4.03. The van der Waals surface area contributed by atoms with Gasteiger partial charge in [0.1, 0.15) is 12.0 Å². The molecule has 76 valence electrons. The van der Waals surface area contributed by atoms with Crippen molar-refractivity contribution in [2.75, 3.05) is 0 Å². The smallest absolute Gasteiger partial charge is 0.179 e. The fraction of sp³-hybridized carbons (Fsp3) is 0.0909. The summed E-state index contributed by atoms with van der Waals surface area (Å²) in [5.41, 5.74) is 1.45. The van der Waals surface area contributed by atoms with E-state index in [0.29, 0.717) is 5.69 Å². The van der Waals surface area contributed by atoms with Crippen molar-refractivity contribution in [3.63, 3.8) is 0 Å². The van der Waals surface area contributed by atoms with E-state index in [1.807, 2.05) is 28.8 Å². The van der Waals surface area contributed by atoms with Gasteiger partial charge in [-0.05, 0) is 28.1 Å². The molecule has 1 aromatic carbocycles. The molecule has 3 nitrogen and oxygen atoms in total. The number of rotatable bonds is 2. The molecule has 0 atom stereocenters. The Hall–Kier alpha value is -1.42. The molecule has 1 aromatic heterocycles. The van der Waals surface area contributed by atoms with Crippen molar-refractivity contribution in [2.45, 2.75) is 6.92 Å². The van der Waals surface area contributed by atoms with Crippen molar-refractivity contribution in [3.05, 3.63) is 47.0 Å². The van der Waals surface area contributed by atoms with Gasteiger partial charge in [-0.2, -0.15) is 0 Å². The SMILES string of the molecule is CC(=O)c1cn(-c2ccccc2Br)cn1. The van der Waals surface area contributed by atoms with Crippen LogP contribution in [0.2, 0.25) is 0 Å². The summed E-state index contributed by atoms with van der Waals surface area (Å²) < 4.78 is 2.79. The third kappa shape index (κ3) is 1.99. The normalized spacial score (nSPS) is 10.3. The Kier molecular flexibility index (Phi) is 2.68. The molecule has 4 heteroatoms. The van der Waals surface area contributed by atoms with E-state index >= 15 is 0 Å². The minimum absolute atomic E-state index is 0.0270. The van der Waals surface area contributed by atoms with Crippen molar-refractivity contribution < 1.29 is 4.79 Å². The summed E-state index contributed by atoms with van der Waals surface area (Å²) in [7, 11) is 0. The number of imidazole rings is 1. The quantitative estimate of drug-likeness (QED) is 0.782. The van der Waals surface area contributed by atoms with E-state index in [4.69, 9.17) is 0 Å². The molecule has 0 bridgehead atoms. The molecule has 0 fully saturated rings. The first-order valence-electron chi connectivity index (χ1n) is 4.48. The zero-order valence-corrected chi connectivity index (χ0v) is 9.73. The zero-order valence-electron chi connectivity index (χ0n) is 8.14. The standard InChI is InChI=1S/C11H9BrN2O/c1-8(15)10-6-14(7-13-10)11-5-3-2-4-9(11)12/h2-7H,1H3. The van der Waals surface area contributed by atoms with Gasteiger partial charge in [-0.3, -0.25) is 4.79 Å². The molecule has 0 N–H and O–H groups in total. The van der Waals surface area contributed by atoms with Gasteiger partial charge < -0.3 is 4.57 Å². The van der Waals surface area contributed by atoms with Crippen LogP contribution in [0.15, 0.2) is 41.3 Å². The summed E-state index contributed by atoms with van der Waals surface area (Å²) in [6.45, 7) is 1.51. The van der Waals surface area contributed by atoms with Gasteiger partial charge in [-0.25, -0.2) is 4.98 Å². The molecule has 0 unspecified atom stereocenters. The third-order valence-electron chi connectivity index (χ3n) is 2.07. The van der Waals surface area contributed by atoms with Gasteiger partial charge in [-0.1, -0.05) is 12.1 Å². The molecule has 0 aliphatic heterocycles. The first-order valence-corrected chi connectivity index (χ1v) is 5.27. The largest absolute Gasteiger partial charge is 0.304 e. The van der Waals surface area contributed by atoms with E-state index in [9.17, 15) is 4.79 Å². The Morgan fingerprint density at radius 3 is 2.73 bits per heavy atom. The van der Waals surface area contributed by atoms with Crippen LogP contribution in [0, 0.1) is 0 Å². The van der Waals surface area contributed by atoms with E-state index < -0.39 is 0 Å². The molecule has 15 heavy (non-hydrogen) atoms. The molecule has 2 aromatic rings. The summed E-state index contributed by atoms with van der Waals surface area (Å²) in [5.74, 6) is -0.0270. The molecular formula is C11H9BrN2O. The van der Waals surface area contributed by atoms with Gasteiger partial charge in [0.25, 0.3) is 0 Å². The Bertz CT molecular complexity index is 505. The van der Waals surface area contributed by atoms with Crippen LogP contribution in [0.3, 0.4) is 0 Å². The number of nitrogens with zero attached hydrogens (tertiary/aromatic N) is 2. The van der Waals surface area contributed by atoms with Crippen molar-refractivity contribution in [1.29, 1.82) is 0 Å². The van der Waals surface area contributed by atoms with Gasteiger partial charge in [0.15, 0.2) is 5.78 Å². The number of carbonyl (C=O) groups is 1. The first kappa shape index (κ1) is 10.1. The fourth-order valence-electron chi connectivity index (χ4n) is 1.30. The number of carbonyl (C=O) groups excluding carboxylic acids is 1. The molecule has 0 spiro atoms. The van der Waals surface area contributed by atoms with Crippen LogP contribution in [-0.2, 0) is 0 Å². The minimum atomic E-state index is -0.0270. The van der Waals surface area contributed by atoms with Crippen LogP contribution in [-0.4, -0.2) is 15.3 Å². The molecular weight excluding hydrogens is 256 g/mol. The average molecular weight is 265 g/mol. The number of aromatic nitrogens is 2. The average Bonchev–Trinajstić information content (AvgIpc) is 2.67. The van der Waals surface area contributed by atoms with Crippen LogP contribution in [0.1, 0.15) is 17.4 Å². The van der Waals surface area contributed by atoms with Gasteiger partial charge in [0, 0.05) is 17.6 Å². The highest BCUT2D eigenvalue weighted by Crippen LogP contribution is 2.20. The molecule has 0 saturated heterocycles. The van der Waals surface area contributed by atoms with Crippen molar-refractivity contribution in [2.24, 2.45) is 0 Å². The highest BCUT2D eigenvalue weighted by molar-refractivity contribution is 9.10. The second-order valence-electron chi connectivity index (χ2n) is 3.17. The maximum Gasteiger partial charge on any atom is 0.179 e. The topological polar surface area (TPSA) is 34.9 Å². The van der Waals surface area contributed by atoms with Crippen LogP contribution in [0.5, 0.6) is 0 Å². The summed E-state index contributed by atoms with van der Waals surface area (Å²) in [5, 5.41) is 0. The fourth-order valence-corrected chi connectivity index (χ4v) is 1.79. The maximum atomic E-state index is 11.1. The number of hydrogen-bond acceptors (Lipinski definition) is 2. The summed E-state index contributed by atoms with van der Waals surface area (Å²) in [6.07, 6.45) is 3.36. The number of para-hydroxylation sites is 1. The number of ketones is 1. The van der Waals surface area contributed by atoms with Crippen molar-refractivity contribution >= 4 is 21.7 Å². The molecule has 0 aliphatic carbocycles. The minimum Gasteiger partial charge on any atom is -0.304 e.